The monoisotopic (exact) mass is 335 g/mol. The number of carbonyl (C=O) groups excluding carboxylic acids is 1. The molecule has 4 aromatic rings. The molecule has 0 aliphatic heterocycles. The fraction of sp³-hybridized carbons (Fsp3) is 0.0556. The summed E-state index contributed by atoms with van der Waals surface area (Å²) in [6, 6.07) is 19.2. The Kier molecular flexibility index (Phi) is 3.80. The van der Waals surface area contributed by atoms with Crippen LogP contribution in [-0.2, 0) is 6.54 Å². The Morgan fingerprint density at radius 3 is 2.58 bits per heavy atom. The highest BCUT2D eigenvalue weighted by molar-refractivity contribution is 7.22. The number of anilines is 1. The van der Waals surface area contributed by atoms with Gasteiger partial charge in [0.25, 0.3) is 5.91 Å². The fourth-order valence-electron chi connectivity index (χ4n) is 2.43. The standard InChI is InChI=1S/C18H13N3O2S/c22-17(15-10-11-19-23-15)21(12-13-6-2-1-3-7-13)18-20-14-8-4-5-9-16(14)24-18/h1-11H,12H2. The van der Waals surface area contributed by atoms with Gasteiger partial charge in [0.2, 0.25) is 5.76 Å². The highest BCUT2D eigenvalue weighted by Gasteiger charge is 2.24. The molecule has 0 unspecified atom stereocenters. The summed E-state index contributed by atoms with van der Waals surface area (Å²) >= 11 is 1.48. The van der Waals surface area contributed by atoms with Crippen LogP contribution in [0.1, 0.15) is 16.1 Å². The van der Waals surface area contributed by atoms with E-state index in [1.165, 1.54) is 17.5 Å². The Balaban J connectivity index is 1.75. The molecule has 0 saturated heterocycles. The van der Waals surface area contributed by atoms with Crippen LogP contribution in [0.3, 0.4) is 0 Å². The number of thiazole rings is 1. The van der Waals surface area contributed by atoms with Crippen LogP contribution in [0.25, 0.3) is 10.2 Å². The molecule has 1 amide bonds. The Bertz CT molecular complexity index is 931. The maximum atomic E-state index is 12.8. The maximum Gasteiger partial charge on any atom is 0.298 e. The van der Waals surface area contributed by atoms with Crippen LogP contribution < -0.4 is 4.90 Å². The van der Waals surface area contributed by atoms with E-state index in [-0.39, 0.29) is 11.7 Å². The molecule has 2 heterocycles. The highest BCUT2D eigenvalue weighted by atomic mass is 32.1. The SMILES string of the molecule is O=C(c1ccno1)N(Cc1ccccc1)c1nc2ccccc2s1. The maximum absolute atomic E-state index is 12.8. The highest BCUT2D eigenvalue weighted by Crippen LogP contribution is 2.30. The second-order valence-corrected chi connectivity index (χ2v) is 6.23. The first kappa shape index (κ1) is 14.6. The third-order valence-corrected chi connectivity index (χ3v) is 4.65. The van der Waals surface area contributed by atoms with E-state index in [1.54, 1.807) is 11.0 Å². The quantitative estimate of drug-likeness (QED) is 0.562. The lowest BCUT2D eigenvalue weighted by atomic mass is 10.2. The molecule has 0 atom stereocenters. The second kappa shape index (κ2) is 6.25. The van der Waals surface area contributed by atoms with E-state index in [1.807, 2.05) is 54.6 Å². The number of aromatic nitrogens is 2. The molecule has 0 fully saturated rings. The number of nitrogens with zero attached hydrogens (tertiary/aromatic N) is 3. The minimum Gasteiger partial charge on any atom is -0.351 e. The summed E-state index contributed by atoms with van der Waals surface area (Å²) in [6.45, 7) is 0.417. The van der Waals surface area contributed by atoms with Crippen molar-refractivity contribution in [1.29, 1.82) is 0 Å². The van der Waals surface area contributed by atoms with Crippen LogP contribution >= 0.6 is 11.3 Å². The van der Waals surface area contributed by atoms with E-state index in [4.69, 9.17) is 4.52 Å². The zero-order valence-electron chi connectivity index (χ0n) is 12.6. The minimum atomic E-state index is -0.254. The van der Waals surface area contributed by atoms with E-state index in [9.17, 15) is 4.79 Å². The summed E-state index contributed by atoms with van der Waals surface area (Å²) in [5, 5.41) is 4.27. The summed E-state index contributed by atoms with van der Waals surface area (Å²) in [5.74, 6) is -0.0550. The van der Waals surface area contributed by atoms with Crippen molar-refractivity contribution in [3.8, 4) is 0 Å². The van der Waals surface area contributed by atoms with Gasteiger partial charge < -0.3 is 4.52 Å². The number of hydrogen-bond acceptors (Lipinski definition) is 5. The topological polar surface area (TPSA) is 59.2 Å². The summed E-state index contributed by atoms with van der Waals surface area (Å²) in [7, 11) is 0. The molecule has 6 heteroatoms. The van der Waals surface area contributed by atoms with Gasteiger partial charge in [-0.2, -0.15) is 0 Å². The number of para-hydroxylation sites is 1. The van der Waals surface area contributed by atoms with Crippen LogP contribution in [-0.4, -0.2) is 16.0 Å². The largest absolute Gasteiger partial charge is 0.351 e. The molecule has 24 heavy (non-hydrogen) atoms. The van der Waals surface area contributed by atoms with Crippen molar-refractivity contribution in [2.24, 2.45) is 0 Å². The van der Waals surface area contributed by atoms with Crippen molar-refractivity contribution in [1.82, 2.24) is 10.1 Å². The van der Waals surface area contributed by atoms with Crippen molar-refractivity contribution >= 4 is 32.6 Å². The zero-order valence-corrected chi connectivity index (χ0v) is 13.4. The molecule has 0 N–H and O–H groups in total. The van der Waals surface area contributed by atoms with E-state index < -0.39 is 0 Å². The number of hydrogen-bond donors (Lipinski definition) is 0. The van der Waals surface area contributed by atoms with Crippen molar-refractivity contribution < 1.29 is 9.32 Å². The van der Waals surface area contributed by atoms with Gasteiger partial charge in [-0.25, -0.2) is 4.98 Å². The summed E-state index contributed by atoms with van der Waals surface area (Å²) < 4.78 is 6.08. The molecule has 0 aliphatic rings. The molecule has 0 aliphatic carbocycles. The predicted octanol–water partition coefficient (Wildman–Crippen LogP) is 4.13. The Morgan fingerprint density at radius 2 is 1.83 bits per heavy atom. The molecule has 0 spiro atoms. The molecule has 2 aromatic heterocycles. The van der Waals surface area contributed by atoms with Gasteiger partial charge in [0.1, 0.15) is 0 Å². The van der Waals surface area contributed by atoms with Gasteiger partial charge in [0.15, 0.2) is 5.13 Å². The number of carbonyl (C=O) groups is 1. The average Bonchev–Trinajstić information content (AvgIpc) is 3.29. The van der Waals surface area contributed by atoms with Gasteiger partial charge >= 0.3 is 0 Å². The first-order chi connectivity index (χ1) is 11.8. The Morgan fingerprint density at radius 1 is 1.04 bits per heavy atom. The van der Waals surface area contributed by atoms with Crippen molar-refractivity contribution in [3.63, 3.8) is 0 Å². The molecule has 0 saturated carbocycles. The van der Waals surface area contributed by atoms with Crippen LogP contribution in [0, 0.1) is 0 Å². The van der Waals surface area contributed by atoms with Crippen LogP contribution in [0.5, 0.6) is 0 Å². The number of benzene rings is 2. The van der Waals surface area contributed by atoms with Crippen molar-refractivity contribution in [2.75, 3.05) is 4.90 Å². The van der Waals surface area contributed by atoms with Crippen LogP contribution in [0.2, 0.25) is 0 Å². The van der Waals surface area contributed by atoms with Crippen LogP contribution in [0.15, 0.2) is 71.4 Å². The lowest BCUT2D eigenvalue weighted by Crippen LogP contribution is -2.30. The van der Waals surface area contributed by atoms with Gasteiger partial charge in [0, 0.05) is 6.07 Å². The third-order valence-electron chi connectivity index (χ3n) is 3.59. The molecule has 118 valence electrons. The predicted molar refractivity (Wildman–Crippen MR) is 93.1 cm³/mol. The molecule has 0 bridgehead atoms. The summed E-state index contributed by atoms with van der Waals surface area (Å²) in [5.41, 5.74) is 1.89. The molecule has 2 aromatic carbocycles. The molecular formula is C18H13N3O2S. The minimum absolute atomic E-state index is 0.199. The van der Waals surface area contributed by atoms with Gasteiger partial charge in [-0.15, -0.1) is 0 Å². The third kappa shape index (κ3) is 2.79. The first-order valence-corrected chi connectivity index (χ1v) is 8.25. The Labute approximate surface area is 142 Å². The van der Waals surface area contributed by atoms with Gasteiger partial charge in [-0.3, -0.25) is 9.69 Å². The number of fused-ring (bicyclic) bond motifs is 1. The number of amides is 1. The van der Waals surface area contributed by atoms with Gasteiger partial charge in [-0.05, 0) is 17.7 Å². The Hall–Kier alpha value is -2.99. The molecular weight excluding hydrogens is 322 g/mol. The van der Waals surface area contributed by atoms with E-state index >= 15 is 0 Å². The van der Waals surface area contributed by atoms with Gasteiger partial charge in [-0.1, -0.05) is 59.0 Å². The van der Waals surface area contributed by atoms with E-state index in [0.717, 1.165) is 15.8 Å². The molecule has 5 nitrogen and oxygen atoms in total. The van der Waals surface area contributed by atoms with Crippen molar-refractivity contribution in [3.05, 3.63) is 78.2 Å². The van der Waals surface area contributed by atoms with E-state index in [2.05, 4.69) is 10.1 Å². The van der Waals surface area contributed by atoms with Crippen molar-refractivity contribution in [2.45, 2.75) is 6.54 Å². The number of rotatable bonds is 4. The smallest absolute Gasteiger partial charge is 0.298 e. The first-order valence-electron chi connectivity index (χ1n) is 7.43. The normalized spacial score (nSPS) is 10.8. The lowest BCUT2D eigenvalue weighted by molar-refractivity contribution is 0.0949. The van der Waals surface area contributed by atoms with Crippen LogP contribution in [0.4, 0.5) is 5.13 Å². The lowest BCUT2D eigenvalue weighted by Gasteiger charge is -2.18. The zero-order chi connectivity index (χ0) is 16.4. The fourth-order valence-corrected chi connectivity index (χ4v) is 3.39. The second-order valence-electron chi connectivity index (χ2n) is 5.22. The average molecular weight is 335 g/mol. The van der Waals surface area contributed by atoms with Gasteiger partial charge in [0.05, 0.1) is 23.0 Å². The molecule has 0 radical (unpaired) electrons. The van der Waals surface area contributed by atoms with E-state index in [0.29, 0.717) is 11.7 Å². The summed E-state index contributed by atoms with van der Waals surface area (Å²) in [4.78, 5) is 19.1. The summed E-state index contributed by atoms with van der Waals surface area (Å²) in [6.07, 6.45) is 1.46. The molecule has 4 rings (SSSR count).